The molecule has 31 heavy (non-hydrogen) atoms. The number of halogens is 1. The summed E-state index contributed by atoms with van der Waals surface area (Å²) in [6.07, 6.45) is 1.85. The fourth-order valence-electron chi connectivity index (χ4n) is 3.87. The summed E-state index contributed by atoms with van der Waals surface area (Å²) >= 11 is 0. The predicted molar refractivity (Wildman–Crippen MR) is 113 cm³/mol. The number of carbonyl (C=O) groups excluding carboxylic acids is 1. The lowest BCUT2D eigenvalue weighted by atomic mass is 10.0. The van der Waals surface area contributed by atoms with Crippen molar-refractivity contribution in [1.82, 2.24) is 25.6 Å². The van der Waals surface area contributed by atoms with Crippen LogP contribution in [0.25, 0.3) is 5.57 Å². The number of hydrogen-bond acceptors (Lipinski definition) is 6. The molecule has 5 rings (SSSR count). The Morgan fingerprint density at radius 2 is 2.13 bits per heavy atom. The fraction of sp³-hybridized carbons (Fsp3) is 0.227. The lowest BCUT2D eigenvalue weighted by molar-refractivity contribution is -0.116. The van der Waals surface area contributed by atoms with Gasteiger partial charge in [0.25, 0.3) is 5.91 Å². The van der Waals surface area contributed by atoms with Crippen molar-refractivity contribution in [2.75, 3.05) is 18.5 Å². The van der Waals surface area contributed by atoms with Gasteiger partial charge < -0.3 is 10.1 Å². The molecule has 2 aliphatic heterocycles. The van der Waals surface area contributed by atoms with Crippen LogP contribution < -0.4 is 16.2 Å². The summed E-state index contributed by atoms with van der Waals surface area (Å²) < 4.78 is 21.5. The molecule has 1 aromatic heterocycles. The van der Waals surface area contributed by atoms with Gasteiger partial charge in [0.15, 0.2) is 5.82 Å². The molecule has 3 heterocycles. The van der Waals surface area contributed by atoms with Crippen LogP contribution in [0.1, 0.15) is 28.6 Å². The number of nitrogens with one attached hydrogen (secondary N) is 3. The average molecular weight is 420 g/mol. The number of hydrogen-bond donors (Lipinski definition) is 3. The van der Waals surface area contributed by atoms with Gasteiger partial charge in [-0.2, -0.15) is 0 Å². The summed E-state index contributed by atoms with van der Waals surface area (Å²) in [7, 11) is 0. The van der Waals surface area contributed by atoms with E-state index < -0.39 is 0 Å². The maximum absolute atomic E-state index is 13.8. The van der Waals surface area contributed by atoms with Crippen molar-refractivity contribution in [3.05, 3.63) is 76.9 Å². The predicted octanol–water partition coefficient (Wildman–Crippen LogP) is 2.61. The van der Waals surface area contributed by atoms with E-state index in [0.717, 1.165) is 22.4 Å². The third-order valence-electron chi connectivity index (χ3n) is 5.47. The van der Waals surface area contributed by atoms with E-state index in [9.17, 15) is 9.18 Å². The highest BCUT2D eigenvalue weighted by Crippen LogP contribution is 2.31. The van der Waals surface area contributed by atoms with Crippen molar-refractivity contribution in [3.63, 3.8) is 0 Å². The first kappa shape index (κ1) is 19.4. The molecule has 0 aliphatic carbocycles. The van der Waals surface area contributed by atoms with Crippen LogP contribution in [-0.2, 0) is 16.1 Å². The van der Waals surface area contributed by atoms with Crippen LogP contribution in [0.15, 0.2) is 48.5 Å². The Hall–Kier alpha value is -3.56. The maximum Gasteiger partial charge on any atom is 0.265 e. The first-order valence-corrected chi connectivity index (χ1v) is 9.98. The summed E-state index contributed by atoms with van der Waals surface area (Å²) in [4.78, 5) is 12.2. The highest BCUT2D eigenvalue weighted by molar-refractivity contribution is 6.20. The number of amides is 1. The van der Waals surface area contributed by atoms with Crippen LogP contribution in [-0.4, -0.2) is 33.8 Å². The van der Waals surface area contributed by atoms with E-state index in [4.69, 9.17) is 4.74 Å². The van der Waals surface area contributed by atoms with Gasteiger partial charge >= 0.3 is 0 Å². The zero-order valence-corrected chi connectivity index (χ0v) is 16.9. The van der Waals surface area contributed by atoms with Crippen LogP contribution in [0.4, 0.5) is 16.0 Å². The van der Waals surface area contributed by atoms with Crippen LogP contribution >= 0.6 is 0 Å². The van der Waals surface area contributed by atoms with Crippen molar-refractivity contribution in [2.45, 2.75) is 19.6 Å². The Balaban J connectivity index is 1.51. The molecular formula is C22H21FN6O2. The number of aromatic nitrogens is 3. The summed E-state index contributed by atoms with van der Waals surface area (Å²) in [5, 5.41) is 11.9. The Morgan fingerprint density at radius 3 is 2.97 bits per heavy atom. The van der Waals surface area contributed by atoms with E-state index in [2.05, 4.69) is 26.4 Å². The minimum Gasteiger partial charge on any atom is -0.371 e. The van der Waals surface area contributed by atoms with Crippen molar-refractivity contribution in [2.24, 2.45) is 0 Å². The molecule has 2 aliphatic rings. The topological polar surface area (TPSA) is 93.1 Å². The minimum atomic E-state index is -0.302. The molecule has 0 saturated heterocycles. The number of anilines is 2. The maximum atomic E-state index is 13.8. The van der Waals surface area contributed by atoms with Crippen molar-refractivity contribution in [1.29, 1.82) is 0 Å². The van der Waals surface area contributed by atoms with Crippen molar-refractivity contribution < 1.29 is 13.9 Å². The number of rotatable bonds is 4. The summed E-state index contributed by atoms with van der Waals surface area (Å²) in [5.41, 5.74) is 9.43. The normalized spacial score (nSPS) is 18.2. The van der Waals surface area contributed by atoms with Gasteiger partial charge in [-0.15, -0.1) is 10.2 Å². The zero-order valence-electron chi connectivity index (χ0n) is 16.9. The van der Waals surface area contributed by atoms with Crippen LogP contribution in [0, 0.1) is 12.7 Å². The molecule has 3 N–H and O–H groups in total. The van der Waals surface area contributed by atoms with Gasteiger partial charge in [-0.05, 0) is 41.8 Å². The molecule has 0 bridgehead atoms. The smallest absolute Gasteiger partial charge is 0.265 e. The molecule has 8 nitrogen and oxygen atoms in total. The van der Waals surface area contributed by atoms with E-state index in [1.54, 1.807) is 6.07 Å². The van der Waals surface area contributed by atoms with Crippen molar-refractivity contribution >= 4 is 23.1 Å². The first-order valence-electron chi connectivity index (χ1n) is 9.98. The lowest BCUT2D eigenvalue weighted by Crippen LogP contribution is -2.41. The van der Waals surface area contributed by atoms with Gasteiger partial charge in [0.1, 0.15) is 12.4 Å². The zero-order chi connectivity index (χ0) is 21.4. The lowest BCUT2D eigenvalue weighted by Gasteiger charge is -2.27. The third-order valence-corrected chi connectivity index (χ3v) is 5.47. The number of benzene rings is 2. The van der Waals surface area contributed by atoms with Crippen LogP contribution in [0.3, 0.4) is 0 Å². The second kappa shape index (κ2) is 7.93. The van der Waals surface area contributed by atoms with Gasteiger partial charge in [0.05, 0.1) is 12.6 Å². The highest BCUT2D eigenvalue weighted by atomic mass is 19.1. The summed E-state index contributed by atoms with van der Waals surface area (Å²) in [5.74, 6) is 0.724. The Morgan fingerprint density at radius 1 is 1.23 bits per heavy atom. The molecule has 3 aromatic rings. The molecule has 0 saturated carbocycles. The average Bonchev–Trinajstić information content (AvgIpc) is 3.19. The standard InChI is InChI=1S/C22H21FN6O2/c1-13-5-6-14(17-7-8-24-27-21(17)30)10-18(13)25-22-28-26-20-12-31-11-19(29(20)22)15-3-2-4-16(23)9-15/h2-7,9-10,19,24H,8,11-12H2,1H3,(H,25,28)(H,27,30)/t19-/m0/s1. The van der Waals surface area contributed by atoms with E-state index in [1.807, 2.05) is 41.8 Å². The quantitative estimate of drug-likeness (QED) is 0.601. The number of aryl methyl sites for hydroxylation is 1. The van der Waals surface area contributed by atoms with E-state index in [1.165, 1.54) is 12.1 Å². The molecule has 158 valence electrons. The number of ether oxygens (including phenoxy) is 1. The largest absolute Gasteiger partial charge is 0.371 e. The van der Waals surface area contributed by atoms with Crippen molar-refractivity contribution in [3.8, 4) is 0 Å². The number of carbonyl (C=O) groups is 1. The first-order chi connectivity index (χ1) is 15.1. The molecule has 0 unspecified atom stereocenters. The van der Waals surface area contributed by atoms with Gasteiger partial charge in [0, 0.05) is 17.8 Å². The minimum absolute atomic E-state index is 0.177. The molecular weight excluding hydrogens is 399 g/mol. The Bertz CT molecular complexity index is 1190. The number of fused-ring (bicyclic) bond motifs is 1. The monoisotopic (exact) mass is 420 g/mol. The molecule has 0 spiro atoms. The van der Waals surface area contributed by atoms with Gasteiger partial charge in [0.2, 0.25) is 5.95 Å². The molecule has 2 aromatic carbocycles. The van der Waals surface area contributed by atoms with Gasteiger partial charge in [-0.1, -0.05) is 30.3 Å². The Kier molecular flexibility index (Phi) is 4.97. The number of nitrogens with zero attached hydrogens (tertiary/aromatic N) is 3. The molecule has 1 atom stereocenters. The molecule has 0 radical (unpaired) electrons. The van der Waals surface area contributed by atoms with Crippen LogP contribution in [0.2, 0.25) is 0 Å². The second-order valence-electron chi connectivity index (χ2n) is 7.50. The number of hydrazine groups is 1. The van der Waals surface area contributed by atoms with Gasteiger partial charge in [-0.3, -0.25) is 14.8 Å². The SMILES string of the molecule is Cc1ccc(C2=CCNNC2=O)cc1Nc1nnc2n1[C@H](c1cccc(F)c1)COC2. The highest BCUT2D eigenvalue weighted by Gasteiger charge is 2.27. The second-order valence-corrected chi connectivity index (χ2v) is 7.50. The van der Waals surface area contributed by atoms with E-state index >= 15 is 0 Å². The molecule has 0 fully saturated rings. The summed E-state index contributed by atoms with van der Waals surface area (Å²) in [6, 6.07) is 12.0. The van der Waals surface area contributed by atoms with Gasteiger partial charge in [-0.25, -0.2) is 9.82 Å². The summed E-state index contributed by atoms with van der Waals surface area (Å²) in [6.45, 7) is 3.26. The van der Waals surface area contributed by atoms with E-state index in [0.29, 0.717) is 37.1 Å². The molecule has 1 amide bonds. The molecule has 9 heteroatoms. The Labute approximate surface area is 178 Å². The fourth-order valence-corrected chi connectivity index (χ4v) is 3.87. The van der Waals surface area contributed by atoms with Crippen LogP contribution in [0.5, 0.6) is 0 Å². The van der Waals surface area contributed by atoms with E-state index in [-0.39, 0.29) is 17.8 Å². The third kappa shape index (κ3) is 3.69.